The number of hydrogen-bond acceptors (Lipinski definition) is 1. The molecule has 4 heteroatoms. The molecule has 1 fully saturated rings. The summed E-state index contributed by atoms with van der Waals surface area (Å²) in [4.78, 5) is 11.7. The lowest BCUT2D eigenvalue weighted by Crippen LogP contribution is -2.18. The van der Waals surface area contributed by atoms with Crippen molar-refractivity contribution >= 4 is 49.2 Å². The van der Waals surface area contributed by atoms with Crippen LogP contribution < -0.4 is 0 Å². The van der Waals surface area contributed by atoms with E-state index in [2.05, 4.69) is 31.9 Å². The minimum atomic E-state index is -0.0620. The summed E-state index contributed by atoms with van der Waals surface area (Å²) in [6.45, 7) is 0. The molecule has 0 bridgehead atoms. The Kier molecular flexibility index (Phi) is 4.09. The Morgan fingerprint density at radius 3 is 2.75 bits per heavy atom. The van der Waals surface area contributed by atoms with Crippen LogP contribution in [0.4, 0.5) is 0 Å². The zero-order chi connectivity index (χ0) is 11.7. The summed E-state index contributed by atoms with van der Waals surface area (Å²) < 4.78 is 0.880. The van der Waals surface area contributed by atoms with Crippen LogP contribution >= 0.6 is 43.5 Å². The highest BCUT2D eigenvalue weighted by atomic mass is 79.9. The fraction of sp³-hybridized carbons (Fsp3) is 0.417. The summed E-state index contributed by atoms with van der Waals surface area (Å²) in [5, 5.41) is 0.698. The third-order valence-electron chi connectivity index (χ3n) is 2.69. The van der Waals surface area contributed by atoms with Gasteiger partial charge in [0.15, 0.2) is 0 Å². The quantitative estimate of drug-likeness (QED) is 0.723. The number of benzene rings is 1. The lowest BCUT2D eigenvalue weighted by molar-refractivity contribution is -0.119. The van der Waals surface area contributed by atoms with E-state index < -0.39 is 0 Å². The van der Waals surface area contributed by atoms with E-state index in [-0.39, 0.29) is 4.83 Å². The first-order valence-electron chi connectivity index (χ1n) is 5.19. The van der Waals surface area contributed by atoms with Crippen molar-refractivity contribution in [3.8, 4) is 0 Å². The van der Waals surface area contributed by atoms with Crippen LogP contribution in [0.5, 0.6) is 0 Å². The largest absolute Gasteiger partial charge is 0.298 e. The van der Waals surface area contributed by atoms with Crippen molar-refractivity contribution in [2.45, 2.75) is 24.1 Å². The number of halogens is 3. The van der Waals surface area contributed by atoms with E-state index in [4.69, 9.17) is 11.6 Å². The van der Waals surface area contributed by atoms with E-state index in [0.29, 0.717) is 16.7 Å². The predicted octanol–water partition coefficient (Wildman–Crippen LogP) is 4.39. The van der Waals surface area contributed by atoms with Crippen LogP contribution in [-0.2, 0) is 11.2 Å². The Labute approximate surface area is 117 Å². The molecule has 1 nitrogen and oxygen atoms in total. The standard InChI is InChI=1S/C12H11Br2ClO/c13-9-5-7(1-4-11(9)15)6-10(14)12(16)8-2-3-8/h1,4-5,8,10H,2-3,6H2. The maximum Gasteiger partial charge on any atom is 0.149 e. The SMILES string of the molecule is O=C(C(Br)Cc1ccc(Cl)c(Br)c1)C1CC1. The summed E-state index contributed by atoms with van der Waals surface area (Å²) in [6.07, 6.45) is 2.85. The first-order valence-corrected chi connectivity index (χ1v) is 7.28. The molecular weight excluding hydrogens is 355 g/mol. The van der Waals surface area contributed by atoms with Crippen LogP contribution in [0, 0.1) is 5.92 Å². The van der Waals surface area contributed by atoms with E-state index in [1.54, 1.807) is 0 Å². The maximum atomic E-state index is 11.8. The van der Waals surface area contributed by atoms with E-state index in [0.717, 1.165) is 29.3 Å². The van der Waals surface area contributed by atoms with Crippen molar-refractivity contribution in [3.63, 3.8) is 0 Å². The fourth-order valence-electron chi connectivity index (χ4n) is 1.60. The van der Waals surface area contributed by atoms with Gasteiger partial charge in [-0.15, -0.1) is 0 Å². The molecule has 86 valence electrons. The molecule has 0 aliphatic heterocycles. The van der Waals surface area contributed by atoms with Crippen molar-refractivity contribution in [2.24, 2.45) is 5.92 Å². The van der Waals surface area contributed by atoms with Gasteiger partial charge in [0.05, 0.1) is 9.85 Å². The van der Waals surface area contributed by atoms with Crippen LogP contribution in [0.1, 0.15) is 18.4 Å². The van der Waals surface area contributed by atoms with Crippen molar-refractivity contribution in [1.29, 1.82) is 0 Å². The molecule has 0 spiro atoms. The first kappa shape index (κ1) is 12.6. The summed E-state index contributed by atoms with van der Waals surface area (Å²) in [6, 6.07) is 5.78. The molecule has 2 rings (SSSR count). The van der Waals surface area contributed by atoms with Gasteiger partial charge in [-0.1, -0.05) is 33.6 Å². The molecule has 0 heterocycles. The van der Waals surface area contributed by atoms with Gasteiger partial charge >= 0.3 is 0 Å². The van der Waals surface area contributed by atoms with E-state index in [9.17, 15) is 4.79 Å². The van der Waals surface area contributed by atoms with Gasteiger partial charge < -0.3 is 0 Å². The van der Waals surface area contributed by atoms with Gasteiger partial charge in [0.2, 0.25) is 0 Å². The molecule has 1 saturated carbocycles. The average Bonchev–Trinajstić information content (AvgIpc) is 3.06. The highest BCUT2D eigenvalue weighted by molar-refractivity contribution is 9.10. The van der Waals surface area contributed by atoms with Gasteiger partial charge in [-0.3, -0.25) is 4.79 Å². The lowest BCUT2D eigenvalue weighted by Gasteiger charge is -2.09. The van der Waals surface area contributed by atoms with Crippen LogP contribution in [0.15, 0.2) is 22.7 Å². The Bertz CT molecular complexity index is 415. The number of hydrogen-bond donors (Lipinski definition) is 0. The number of carbonyl (C=O) groups is 1. The van der Waals surface area contributed by atoms with Crippen LogP contribution in [0.25, 0.3) is 0 Å². The lowest BCUT2D eigenvalue weighted by atomic mass is 10.1. The second-order valence-corrected chi connectivity index (χ2v) is 6.46. The van der Waals surface area contributed by atoms with Gasteiger partial charge in [0, 0.05) is 10.4 Å². The molecule has 0 saturated heterocycles. The zero-order valence-corrected chi connectivity index (χ0v) is 12.5. The molecule has 1 aromatic carbocycles. The molecule has 0 aromatic heterocycles. The van der Waals surface area contributed by atoms with Gasteiger partial charge in [0.25, 0.3) is 0 Å². The van der Waals surface area contributed by atoms with E-state index in [1.165, 1.54) is 0 Å². The maximum absolute atomic E-state index is 11.8. The molecule has 1 aromatic rings. The normalized spacial score (nSPS) is 17.2. The summed E-state index contributed by atoms with van der Waals surface area (Å²) in [5.74, 6) is 0.645. The molecule has 0 radical (unpaired) electrons. The smallest absolute Gasteiger partial charge is 0.149 e. The van der Waals surface area contributed by atoms with Crippen molar-refractivity contribution < 1.29 is 4.79 Å². The minimum Gasteiger partial charge on any atom is -0.298 e. The molecule has 1 atom stereocenters. The molecule has 0 amide bonds. The number of ketones is 1. The highest BCUT2D eigenvalue weighted by Crippen LogP contribution is 2.33. The number of Topliss-reactive ketones (excluding diaryl/α,β-unsaturated/α-hetero) is 1. The molecule has 16 heavy (non-hydrogen) atoms. The molecule has 1 aliphatic carbocycles. The van der Waals surface area contributed by atoms with E-state index in [1.807, 2.05) is 18.2 Å². The summed E-state index contributed by atoms with van der Waals surface area (Å²) in [5.41, 5.74) is 1.12. The second kappa shape index (κ2) is 5.19. The van der Waals surface area contributed by atoms with Gasteiger partial charge in [-0.2, -0.15) is 0 Å². The molecular formula is C12H11Br2ClO. The number of alkyl halides is 1. The van der Waals surface area contributed by atoms with E-state index >= 15 is 0 Å². The Morgan fingerprint density at radius 1 is 1.50 bits per heavy atom. The van der Waals surface area contributed by atoms with Crippen LogP contribution in [0.2, 0.25) is 5.02 Å². The third kappa shape index (κ3) is 3.08. The Morgan fingerprint density at radius 2 is 2.19 bits per heavy atom. The molecule has 1 unspecified atom stereocenters. The van der Waals surface area contributed by atoms with Crippen molar-refractivity contribution in [3.05, 3.63) is 33.3 Å². The monoisotopic (exact) mass is 364 g/mol. The summed E-state index contributed by atoms with van der Waals surface area (Å²) >= 11 is 12.8. The van der Waals surface area contributed by atoms with Crippen molar-refractivity contribution in [2.75, 3.05) is 0 Å². The van der Waals surface area contributed by atoms with Crippen molar-refractivity contribution in [1.82, 2.24) is 0 Å². The number of carbonyl (C=O) groups excluding carboxylic acids is 1. The minimum absolute atomic E-state index is 0.0620. The fourth-order valence-corrected chi connectivity index (χ4v) is 2.89. The topological polar surface area (TPSA) is 17.1 Å². The zero-order valence-electron chi connectivity index (χ0n) is 8.55. The molecule has 1 aliphatic rings. The van der Waals surface area contributed by atoms with Gasteiger partial charge in [0.1, 0.15) is 5.78 Å². The predicted molar refractivity (Wildman–Crippen MR) is 73.3 cm³/mol. The second-order valence-electron chi connectivity index (χ2n) is 4.10. The average molecular weight is 366 g/mol. The number of rotatable bonds is 4. The Balaban J connectivity index is 2.02. The highest BCUT2D eigenvalue weighted by Gasteiger charge is 2.33. The van der Waals surface area contributed by atoms with Crippen LogP contribution in [0.3, 0.4) is 0 Å². The molecule has 0 N–H and O–H groups in total. The van der Waals surface area contributed by atoms with Gasteiger partial charge in [-0.25, -0.2) is 0 Å². The first-order chi connectivity index (χ1) is 7.58. The van der Waals surface area contributed by atoms with Crippen LogP contribution in [-0.4, -0.2) is 10.6 Å². The Hall–Kier alpha value is 0.140. The third-order valence-corrected chi connectivity index (χ3v) is 4.68. The van der Waals surface area contributed by atoms with Gasteiger partial charge in [-0.05, 0) is 52.9 Å². The summed E-state index contributed by atoms with van der Waals surface area (Å²) in [7, 11) is 0.